The van der Waals surface area contributed by atoms with E-state index in [1.165, 1.54) is 18.2 Å². The number of aliphatic hydroxyl groups is 1. The summed E-state index contributed by atoms with van der Waals surface area (Å²) in [5, 5.41) is 9.11. The molecule has 0 saturated carbocycles. The van der Waals surface area contributed by atoms with Crippen LogP contribution in [0.2, 0.25) is 0 Å². The standard InChI is InChI=1S/C13H9F11O/c14-9(15,8(25)6-7-4-2-1-3-5-7)10(16,17)11(18,19)12(20,21)13(22,23)24/h1-5,8,25H,6H2. The smallest absolute Gasteiger partial charge is 0.386 e. The maximum atomic E-state index is 13.5. The van der Waals surface area contributed by atoms with Crippen LogP contribution in [0.15, 0.2) is 30.3 Å². The largest absolute Gasteiger partial charge is 0.460 e. The first-order chi connectivity index (χ1) is 11.0. The summed E-state index contributed by atoms with van der Waals surface area (Å²) in [5.41, 5.74) is -0.267. The fraction of sp³-hybridized carbons (Fsp3) is 0.538. The number of aliphatic hydroxyl groups excluding tert-OH is 1. The lowest BCUT2D eigenvalue weighted by molar-refractivity contribution is -0.428. The minimum absolute atomic E-state index is 0.267. The zero-order chi connectivity index (χ0) is 19.9. The van der Waals surface area contributed by atoms with E-state index < -0.39 is 42.4 Å². The number of halogens is 11. The Hall–Kier alpha value is -1.59. The van der Waals surface area contributed by atoms with Crippen LogP contribution in [0.3, 0.4) is 0 Å². The molecule has 144 valence electrons. The van der Waals surface area contributed by atoms with E-state index in [1.54, 1.807) is 0 Å². The molecule has 1 nitrogen and oxygen atoms in total. The van der Waals surface area contributed by atoms with Crippen molar-refractivity contribution >= 4 is 0 Å². The fourth-order valence-electron chi connectivity index (χ4n) is 1.76. The van der Waals surface area contributed by atoms with Crippen LogP contribution >= 0.6 is 0 Å². The molecule has 0 spiro atoms. The molecule has 1 atom stereocenters. The van der Waals surface area contributed by atoms with Crippen molar-refractivity contribution in [1.29, 1.82) is 0 Å². The maximum absolute atomic E-state index is 13.5. The number of alkyl halides is 11. The summed E-state index contributed by atoms with van der Waals surface area (Å²) in [4.78, 5) is 0. The van der Waals surface area contributed by atoms with Gasteiger partial charge in [0.05, 0.1) is 0 Å². The van der Waals surface area contributed by atoms with Crippen LogP contribution in [0.25, 0.3) is 0 Å². The van der Waals surface area contributed by atoms with Crippen LogP contribution in [0.5, 0.6) is 0 Å². The molecule has 0 aromatic heterocycles. The summed E-state index contributed by atoms with van der Waals surface area (Å²) in [6.45, 7) is 0. The van der Waals surface area contributed by atoms with Gasteiger partial charge in [-0.2, -0.15) is 48.3 Å². The van der Waals surface area contributed by atoms with Gasteiger partial charge in [0.15, 0.2) is 0 Å². The molecule has 0 saturated heterocycles. The molecule has 1 aromatic carbocycles. The molecule has 1 N–H and O–H groups in total. The molecule has 1 rings (SSSR count). The van der Waals surface area contributed by atoms with Gasteiger partial charge in [-0.05, 0) is 5.56 Å². The Balaban J connectivity index is 3.24. The van der Waals surface area contributed by atoms with E-state index in [4.69, 9.17) is 5.11 Å². The summed E-state index contributed by atoms with van der Waals surface area (Å²) in [6, 6.07) is 5.77. The Morgan fingerprint density at radius 3 is 1.52 bits per heavy atom. The third-order valence-electron chi connectivity index (χ3n) is 3.25. The summed E-state index contributed by atoms with van der Waals surface area (Å²) < 4.78 is 141. The molecule has 25 heavy (non-hydrogen) atoms. The number of benzene rings is 1. The fourth-order valence-corrected chi connectivity index (χ4v) is 1.76. The monoisotopic (exact) mass is 390 g/mol. The average molecular weight is 390 g/mol. The van der Waals surface area contributed by atoms with Gasteiger partial charge in [-0.15, -0.1) is 0 Å². The van der Waals surface area contributed by atoms with E-state index >= 15 is 0 Å². The molecule has 0 aliphatic rings. The second-order valence-corrected chi connectivity index (χ2v) is 5.05. The minimum Gasteiger partial charge on any atom is -0.386 e. The van der Waals surface area contributed by atoms with Gasteiger partial charge >= 0.3 is 29.9 Å². The summed E-state index contributed by atoms with van der Waals surface area (Å²) in [5.74, 6) is -28.5. The van der Waals surface area contributed by atoms with Gasteiger partial charge in [0.2, 0.25) is 0 Å². The molecule has 0 heterocycles. The number of hydrogen-bond acceptors (Lipinski definition) is 1. The Kier molecular flexibility index (Phi) is 5.40. The summed E-state index contributed by atoms with van der Waals surface area (Å²) >= 11 is 0. The highest BCUT2D eigenvalue weighted by molar-refractivity contribution is 5.17. The van der Waals surface area contributed by atoms with Gasteiger partial charge in [-0.3, -0.25) is 0 Å². The van der Waals surface area contributed by atoms with Gasteiger partial charge in [-0.1, -0.05) is 30.3 Å². The molecule has 12 heteroatoms. The van der Waals surface area contributed by atoms with Crippen molar-refractivity contribution in [2.45, 2.75) is 42.4 Å². The highest BCUT2D eigenvalue weighted by atomic mass is 19.4. The van der Waals surface area contributed by atoms with Gasteiger partial charge in [0, 0.05) is 6.42 Å². The predicted molar refractivity (Wildman–Crippen MR) is 62.0 cm³/mol. The Bertz CT molecular complexity index is 579. The van der Waals surface area contributed by atoms with Gasteiger partial charge in [0.1, 0.15) is 6.10 Å². The highest BCUT2D eigenvalue weighted by Gasteiger charge is 2.87. The molecular formula is C13H9F11O. The van der Waals surface area contributed by atoms with Crippen molar-refractivity contribution in [2.24, 2.45) is 0 Å². The van der Waals surface area contributed by atoms with E-state index in [9.17, 15) is 48.3 Å². The van der Waals surface area contributed by atoms with Crippen LogP contribution in [-0.2, 0) is 6.42 Å². The van der Waals surface area contributed by atoms with Crippen molar-refractivity contribution in [3.63, 3.8) is 0 Å². The van der Waals surface area contributed by atoms with E-state index in [-0.39, 0.29) is 5.56 Å². The van der Waals surface area contributed by atoms with Crippen molar-refractivity contribution < 1.29 is 53.4 Å². The normalized spacial score (nSPS) is 16.0. The summed E-state index contributed by atoms with van der Waals surface area (Å²) in [7, 11) is 0. The van der Waals surface area contributed by atoms with Crippen LogP contribution in [0, 0.1) is 0 Å². The Morgan fingerprint density at radius 2 is 1.12 bits per heavy atom. The lowest BCUT2D eigenvalue weighted by Gasteiger charge is -2.38. The average Bonchev–Trinajstić information content (AvgIpc) is 2.46. The van der Waals surface area contributed by atoms with E-state index in [1.807, 2.05) is 0 Å². The Morgan fingerprint density at radius 1 is 0.680 bits per heavy atom. The second kappa shape index (κ2) is 6.29. The maximum Gasteiger partial charge on any atom is 0.460 e. The summed E-state index contributed by atoms with van der Waals surface area (Å²) in [6.07, 6.45) is -12.3. The van der Waals surface area contributed by atoms with Crippen LogP contribution < -0.4 is 0 Å². The SMILES string of the molecule is OC(Cc1ccccc1)C(F)(F)C(F)(F)C(F)(F)C(F)(F)C(F)(F)F. The van der Waals surface area contributed by atoms with E-state index in [0.717, 1.165) is 12.1 Å². The van der Waals surface area contributed by atoms with Crippen LogP contribution in [0.4, 0.5) is 48.3 Å². The van der Waals surface area contributed by atoms with E-state index in [2.05, 4.69) is 0 Å². The minimum atomic E-state index is -7.51. The van der Waals surface area contributed by atoms with Crippen molar-refractivity contribution in [1.82, 2.24) is 0 Å². The van der Waals surface area contributed by atoms with E-state index in [0.29, 0.717) is 0 Å². The molecule has 0 aliphatic carbocycles. The van der Waals surface area contributed by atoms with Gasteiger partial charge in [-0.25, -0.2) is 0 Å². The third kappa shape index (κ3) is 3.40. The van der Waals surface area contributed by atoms with Crippen molar-refractivity contribution in [3.8, 4) is 0 Å². The zero-order valence-electron chi connectivity index (χ0n) is 11.8. The highest BCUT2D eigenvalue weighted by Crippen LogP contribution is 2.58. The number of hydrogen-bond donors (Lipinski definition) is 1. The first-order valence-electron chi connectivity index (χ1n) is 6.30. The molecule has 1 aromatic rings. The first-order valence-corrected chi connectivity index (χ1v) is 6.30. The molecular weight excluding hydrogens is 381 g/mol. The lowest BCUT2D eigenvalue weighted by atomic mass is 9.92. The Labute approximate surface area is 133 Å². The van der Waals surface area contributed by atoms with Crippen molar-refractivity contribution in [2.75, 3.05) is 0 Å². The zero-order valence-corrected chi connectivity index (χ0v) is 11.8. The quantitative estimate of drug-likeness (QED) is 0.699. The van der Waals surface area contributed by atoms with Gasteiger partial charge in [0.25, 0.3) is 0 Å². The van der Waals surface area contributed by atoms with Crippen LogP contribution in [0.1, 0.15) is 5.56 Å². The predicted octanol–water partition coefficient (Wildman–Crippen LogP) is 4.69. The molecule has 0 amide bonds. The lowest BCUT2D eigenvalue weighted by Crippen LogP contribution is -2.68. The van der Waals surface area contributed by atoms with Crippen LogP contribution in [-0.4, -0.2) is 41.1 Å². The number of rotatable bonds is 6. The molecule has 0 radical (unpaired) electrons. The topological polar surface area (TPSA) is 20.2 Å². The third-order valence-corrected chi connectivity index (χ3v) is 3.25. The molecule has 0 aliphatic heterocycles. The first kappa shape index (κ1) is 21.5. The molecule has 0 fully saturated rings. The second-order valence-electron chi connectivity index (χ2n) is 5.05. The molecule has 0 bridgehead atoms. The van der Waals surface area contributed by atoms with Gasteiger partial charge < -0.3 is 5.11 Å². The van der Waals surface area contributed by atoms with Crippen molar-refractivity contribution in [3.05, 3.63) is 35.9 Å². The molecule has 1 unspecified atom stereocenters.